The summed E-state index contributed by atoms with van der Waals surface area (Å²) in [6.07, 6.45) is 4.13. The van der Waals surface area contributed by atoms with Crippen LogP contribution in [0.15, 0.2) is 66.9 Å². The van der Waals surface area contributed by atoms with E-state index in [0.717, 1.165) is 42.8 Å². The molecular formula is C24H26N4O. The third-order valence-corrected chi connectivity index (χ3v) is 6.43. The Labute approximate surface area is 171 Å². The van der Waals surface area contributed by atoms with E-state index in [-0.39, 0.29) is 11.9 Å². The number of hydrogen-bond acceptors (Lipinski definition) is 3. The van der Waals surface area contributed by atoms with Crippen LogP contribution in [0.4, 0.5) is 0 Å². The maximum absolute atomic E-state index is 13.5. The molecule has 0 spiro atoms. The van der Waals surface area contributed by atoms with Crippen molar-refractivity contribution < 1.29 is 4.79 Å². The molecule has 5 heteroatoms. The van der Waals surface area contributed by atoms with Gasteiger partial charge >= 0.3 is 0 Å². The largest absolute Gasteiger partial charge is 0.338 e. The van der Waals surface area contributed by atoms with Gasteiger partial charge in [-0.25, -0.2) is 0 Å². The number of nitrogens with two attached hydrogens (primary N) is 1. The van der Waals surface area contributed by atoms with Crippen molar-refractivity contribution in [3.63, 3.8) is 0 Å². The maximum atomic E-state index is 13.5. The first kappa shape index (κ1) is 18.1. The highest BCUT2D eigenvalue weighted by atomic mass is 16.2. The molecule has 3 atom stereocenters. The molecule has 148 valence electrons. The summed E-state index contributed by atoms with van der Waals surface area (Å²) in [6, 6.07) is 20.4. The predicted molar refractivity (Wildman–Crippen MR) is 113 cm³/mol. The number of aromatic nitrogens is 2. The van der Waals surface area contributed by atoms with Gasteiger partial charge in [0.25, 0.3) is 5.91 Å². The minimum atomic E-state index is 0.0739. The molecule has 29 heavy (non-hydrogen) atoms. The topological polar surface area (TPSA) is 64.2 Å². The van der Waals surface area contributed by atoms with E-state index < -0.39 is 0 Å². The van der Waals surface area contributed by atoms with Crippen molar-refractivity contribution in [1.29, 1.82) is 0 Å². The lowest BCUT2D eigenvalue weighted by molar-refractivity contribution is 0.0780. The first-order chi connectivity index (χ1) is 14.2. The molecule has 3 unspecified atom stereocenters. The highest BCUT2D eigenvalue weighted by molar-refractivity contribution is 6.00. The average molecular weight is 386 g/mol. The van der Waals surface area contributed by atoms with Crippen molar-refractivity contribution in [2.75, 3.05) is 13.1 Å². The Bertz CT molecular complexity index is 998. The van der Waals surface area contributed by atoms with Gasteiger partial charge in [0.1, 0.15) is 5.69 Å². The van der Waals surface area contributed by atoms with E-state index >= 15 is 0 Å². The number of carbonyl (C=O) groups is 1. The van der Waals surface area contributed by atoms with Crippen molar-refractivity contribution in [2.24, 2.45) is 17.6 Å². The molecule has 3 aromatic rings. The van der Waals surface area contributed by atoms with Gasteiger partial charge in [-0.1, -0.05) is 60.7 Å². The van der Waals surface area contributed by atoms with Crippen LogP contribution in [-0.4, -0.2) is 39.7 Å². The third kappa shape index (κ3) is 3.47. The molecule has 1 aliphatic carbocycles. The van der Waals surface area contributed by atoms with Gasteiger partial charge in [-0.05, 0) is 30.2 Å². The second kappa shape index (κ2) is 7.48. The SMILES string of the molecule is NC1CCC2CN(C(=O)c3cn(Cc4ccccc4)nc3-c3ccccc3)CC12. The molecule has 1 amide bonds. The van der Waals surface area contributed by atoms with Crippen LogP contribution >= 0.6 is 0 Å². The summed E-state index contributed by atoms with van der Waals surface area (Å²) in [5.41, 5.74) is 9.85. The molecule has 2 heterocycles. The highest BCUT2D eigenvalue weighted by Gasteiger charge is 2.43. The van der Waals surface area contributed by atoms with Crippen LogP contribution in [0.2, 0.25) is 0 Å². The Kier molecular flexibility index (Phi) is 4.68. The van der Waals surface area contributed by atoms with Crippen LogP contribution < -0.4 is 5.73 Å². The number of benzene rings is 2. The number of amides is 1. The van der Waals surface area contributed by atoms with E-state index in [2.05, 4.69) is 12.1 Å². The number of carbonyl (C=O) groups excluding carboxylic acids is 1. The van der Waals surface area contributed by atoms with E-state index in [1.807, 2.05) is 64.3 Å². The van der Waals surface area contributed by atoms with Crippen molar-refractivity contribution in [3.8, 4) is 11.3 Å². The van der Waals surface area contributed by atoms with Crippen LogP contribution in [0, 0.1) is 11.8 Å². The molecule has 1 aromatic heterocycles. The Morgan fingerprint density at radius 3 is 2.45 bits per heavy atom. The molecular weight excluding hydrogens is 360 g/mol. The third-order valence-electron chi connectivity index (χ3n) is 6.43. The summed E-state index contributed by atoms with van der Waals surface area (Å²) in [5, 5.41) is 4.80. The summed E-state index contributed by atoms with van der Waals surface area (Å²) >= 11 is 0. The van der Waals surface area contributed by atoms with Crippen LogP contribution in [0.5, 0.6) is 0 Å². The predicted octanol–water partition coefficient (Wildman–Crippen LogP) is 3.41. The standard InChI is InChI=1S/C24H26N4O/c25-22-12-11-19-14-27(15-20(19)22)24(29)21-16-28(13-17-7-3-1-4-8-17)26-23(21)18-9-5-2-6-10-18/h1-10,16,19-20,22H,11-15,25H2. The first-order valence-electron chi connectivity index (χ1n) is 10.4. The highest BCUT2D eigenvalue weighted by Crippen LogP contribution is 2.38. The smallest absolute Gasteiger partial charge is 0.257 e. The van der Waals surface area contributed by atoms with Gasteiger partial charge in [0.15, 0.2) is 0 Å². The molecule has 0 bridgehead atoms. The second-order valence-electron chi connectivity index (χ2n) is 8.32. The summed E-state index contributed by atoms with van der Waals surface area (Å²) < 4.78 is 1.88. The lowest BCUT2D eigenvalue weighted by Gasteiger charge is -2.18. The van der Waals surface area contributed by atoms with Gasteiger partial charge in [0.2, 0.25) is 0 Å². The zero-order valence-electron chi connectivity index (χ0n) is 16.4. The Hall–Kier alpha value is -2.92. The van der Waals surface area contributed by atoms with Gasteiger partial charge in [0, 0.05) is 30.9 Å². The fourth-order valence-corrected chi connectivity index (χ4v) is 4.88. The molecule has 5 nitrogen and oxygen atoms in total. The Morgan fingerprint density at radius 1 is 1.00 bits per heavy atom. The fraction of sp³-hybridized carbons (Fsp3) is 0.333. The lowest BCUT2D eigenvalue weighted by atomic mass is 9.98. The van der Waals surface area contributed by atoms with Crippen LogP contribution in [0.3, 0.4) is 0 Å². The zero-order chi connectivity index (χ0) is 19.8. The van der Waals surface area contributed by atoms with Crippen LogP contribution in [-0.2, 0) is 6.54 Å². The number of rotatable bonds is 4. The molecule has 2 N–H and O–H groups in total. The molecule has 2 fully saturated rings. The fourth-order valence-electron chi connectivity index (χ4n) is 4.88. The summed E-state index contributed by atoms with van der Waals surface area (Å²) in [5.74, 6) is 1.07. The average Bonchev–Trinajstić information content (AvgIpc) is 3.45. The minimum absolute atomic E-state index is 0.0739. The molecule has 2 aromatic carbocycles. The lowest BCUT2D eigenvalue weighted by Crippen LogP contribution is -2.33. The Balaban J connectivity index is 1.47. The summed E-state index contributed by atoms with van der Waals surface area (Å²) in [4.78, 5) is 15.5. The van der Waals surface area contributed by atoms with E-state index in [9.17, 15) is 4.79 Å². The van der Waals surface area contributed by atoms with Gasteiger partial charge in [-0.3, -0.25) is 9.48 Å². The van der Waals surface area contributed by atoms with E-state index in [0.29, 0.717) is 23.9 Å². The molecule has 1 saturated carbocycles. The van der Waals surface area contributed by atoms with Gasteiger partial charge in [0.05, 0.1) is 12.1 Å². The maximum Gasteiger partial charge on any atom is 0.257 e. The number of hydrogen-bond donors (Lipinski definition) is 1. The number of fused-ring (bicyclic) bond motifs is 1. The normalized spacial score (nSPS) is 23.3. The molecule has 1 aliphatic heterocycles. The van der Waals surface area contributed by atoms with Crippen LogP contribution in [0.1, 0.15) is 28.8 Å². The monoisotopic (exact) mass is 386 g/mol. The molecule has 1 saturated heterocycles. The molecule has 2 aliphatic rings. The molecule has 5 rings (SSSR count). The van der Waals surface area contributed by atoms with Crippen LogP contribution in [0.25, 0.3) is 11.3 Å². The summed E-state index contributed by atoms with van der Waals surface area (Å²) in [7, 11) is 0. The van der Waals surface area contributed by atoms with Crippen molar-refractivity contribution >= 4 is 5.91 Å². The van der Waals surface area contributed by atoms with Gasteiger partial charge in [-0.2, -0.15) is 5.10 Å². The van der Waals surface area contributed by atoms with Gasteiger partial charge < -0.3 is 10.6 Å². The summed E-state index contributed by atoms with van der Waals surface area (Å²) in [6.45, 7) is 2.22. The Morgan fingerprint density at radius 2 is 1.72 bits per heavy atom. The van der Waals surface area contributed by atoms with Gasteiger partial charge in [-0.15, -0.1) is 0 Å². The number of likely N-dealkylation sites (tertiary alicyclic amines) is 1. The second-order valence-corrected chi connectivity index (χ2v) is 8.32. The van der Waals surface area contributed by atoms with Crippen molar-refractivity contribution in [1.82, 2.24) is 14.7 Å². The zero-order valence-corrected chi connectivity index (χ0v) is 16.4. The molecule has 0 radical (unpaired) electrons. The van der Waals surface area contributed by atoms with E-state index in [4.69, 9.17) is 10.8 Å². The van der Waals surface area contributed by atoms with E-state index in [1.54, 1.807) is 0 Å². The van der Waals surface area contributed by atoms with E-state index in [1.165, 1.54) is 0 Å². The van der Waals surface area contributed by atoms with Crippen molar-refractivity contribution in [3.05, 3.63) is 78.0 Å². The van der Waals surface area contributed by atoms with Crippen molar-refractivity contribution in [2.45, 2.75) is 25.4 Å². The first-order valence-corrected chi connectivity index (χ1v) is 10.4. The minimum Gasteiger partial charge on any atom is -0.338 e. The quantitative estimate of drug-likeness (QED) is 0.747. The number of nitrogens with zero attached hydrogens (tertiary/aromatic N) is 3.